The average molecular weight is 250 g/mol. The van der Waals surface area contributed by atoms with Crippen molar-refractivity contribution in [3.8, 4) is 6.07 Å². The lowest BCUT2D eigenvalue weighted by Gasteiger charge is -2.42. The molecule has 0 aromatic rings. The molecule has 5 nitrogen and oxygen atoms in total. The predicted octanol–water partition coefficient (Wildman–Crippen LogP) is 0.314. The zero-order chi connectivity index (χ0) is 13.2. The lowest BCUT2D eigenvalue weighted by molar-refractivity contribution is -0.131. The van der Waals surface area contributed by atoms with E-state index in [2.05, 4.69) is 11.0 Å². The molecule has 1 saturated heterocycles. The molecule has 0 bridgehead atoms. The quantitative estimate of drug-likeness (QED) is 0.727. The Labute approximate surface area is 109 Å². The van der Waals surface area contributed by atoms with Gasteiger partial charge in [-0.25, -0.2) is 0 Å². The summed E-state index contributed by atoms with van der Waals surface area (Å²) < 4.78 is 0. The molecule has 100 valence electrons. The normalized spacial score (nSPS) is 34.1. The van der Waals surface area contributed by atoms with E-state index in [4.69, 9.17) is 11.0 Å². The van der Waals surface area contributed by atoms with E-state index in [1.807, 2.05) is 4.90 Å². The van der Waals surface area contributed by atoms with Gasteiger partial charge in [0, 0.05) is 39.1 Å². The van der Waals surface area contributed by atoms with Gasteiger partial charge in [-0.15, -0.1) is 0 Å². The van der Waals surface area contributed by atoms with Gasteiger partial charge in [-0.3, -0.25) is 9.69 Å². The Morgan fingerprint density at radius 1 is 1.28 bits per heavy atom. The Morgan fingerprint density at radius 2 is 1.83 bits per heavy atom. The van der Waals surface area contributed by atoms with Crippen molar-refractivity contribution < 1.29 is 4.79 Å². The van der Waals surface area contributed by atoms with Crippen LogP contribution in [0.25, 0.3) is 0 Å². The summed E-state index contributed by atoms with van der Waals surface area (Å²) in [6.45, 7) is 5.20. The predicted molar refractivity (Wildman–Crippen MR) is 68.6 cm³/mol. The third kappa shape index (κ3) is 2.82. The molecule has 1 saturated carbocycles. The van der Waals surface area contributed by atoms with Crippen molar-refractivity contribution in [2.45, 2.75) is 44.2 Å². The second-order valence-corrected chi connectivity index (χ2v) is 5.54. The Hall–Kier alpha value is -1.12. The molecule has 0 aromatic carbocycles. The van der Waals surface area contributed by atoms with E-state index < -0.39 is 5.54 Å². The molecule has 2 aliphatic rings. The van der Waals surface area contributed by atoms with Crippen LogP contribution in [0.5, 0.6) is 0 Å². The largest absolute Gasteiger partial charge is 0.340 e. The maximum atomic E-state index is 11.3. The minimum absolute atomic E-state index is 0.170. The van der Waals surface area contributed by atoms with Gasteiger partial charge in [0.05, 0.1) is 6.07 Å². The van der Waals surface area contributed by atoms with Gasteiger partial charge >= 0.3 is 0 Å². The van der Waals surface area contributed by atoms with Crippen LogP contribution in [0.1, 0.15) is 32.6 Å². The van der Waals surface area contributed by atoms with Crippen LogP contribution in [0, 0.1) is 11.3 Å². The van der Waals surface area contributed by atoms with Crippen LogP contribution in [0.15, 0.2) is 0 Å². The minimum atomic E-state index is -0.599. The third-order valence-corrected chi connectivity index (χ3v) is 4.35. The van der Waals surface area contributed by atoms with Crippen LogP contribution < -0.4 is 5.73 Å². The van der Waals surface area contributed by atoms with Crippen molar-refractivity contribution in [2.24, 2.45) is 5.73 Å². The summed E-state index contributed by atoms with van der Waals surface area (Å²) in [6.07, 6.45) is 3.59. The molecule has 1 heterocycles. The van der Waals surface area contributed by atoms with Gasteiger partial charge in [-0.05, 0) is 25.7 Å². The highest BCUT2D eigenvalue weighted by atomic mass is 16.2. The first-order chi connectivity index (χ1) is 8.54. The zero-order valence-corrected chi connectivity index (χ0v) is 11.1. The number of nitrogens with zero attached hydrogens (tertiary/aromatic N) is 3. The number of rotatable bonds is 1. The maximum Gasteiger partial charge on any atom is 0.219 e. The van der Waals surface area contributed by atoms with Crippen molar-refractivity contribution in [3.05, 3.63) is 0 Å². The van der Waals surface area contributed by atoms with Crippen LogP contribution in [0.4, 0.5) is 0 Å². The lowest BCUT2D eigenvalue weighted by atomic mass is 9.80. The van der Waals surface area contributed by atoms with Crippen LogP contribution in [-0.2, 0) is 4.79 Å². The third-order valence-electron chi connectivity index (χ3n) is 4.35. The summed E-state index contributed by atoms with van der Waals surface area (Å²) in [5.74, 6) is 0.170. The summed E-state index contributed by atoms with van der Waals surface area (Å²) in [5.41, 5.74) is 5.38. The van der Waals surface area contributed by atoms with Crippen LogP contribution >= 0.6 is 0 Å². The monoisotopic (exact) mass is 250 g/mol. The Bertz CT molecular complexity index is 346. The van der Waals surface area contributed by atoms with Gasteiger partial charge < -0.3 is 10.6 Å². The number of nitrogens with two attached hydrogens (primary N) is 1. The smallest absolute Gasteiger partial charge is 0.219 e. The zero-order valence-electron chi connectivity index (χ0n) is 11.1. The molecular formula is C13H22N4O. The SMILES string of the molecule is CC(=O)N1CCN(C2CCC(N)(C#N)CC2)CC1. The van der Waals surface area contributed by atoms with Gasteiger partial charge in [0.1, 0.15) is 5.54 Å². The molecule has 2 rings (SSSR count). The van der Waals surface area contributed by atoms with Gasteiger partial charge in [-0.1, -0.05) is 0 Å². The summed E-state index contributed by atoms with van der Waals surface area (Å²) in [7, 11) is 0. The van der Waals surface area contributed by atoms with Gasteiger partial charge in [0.15, 0.2) is 0 Å². The topological polar surface area (TPSA) is 73.4 Å². The van der Waals surface area contributed by atoms with Crippen LogP contribution in [0.3, 0.4) is 0 Å². The highest BCUT2D eigenvalue weighted by molar-refractivity contribution is 5.73. The molecular weight excluding hydrogens is 228 g/mol. The first-order valence-corrected chi connectivity index (χ1v) is 6.74. The van der Waals surface area contributed by atoms with E-state index >= 15 is 0 Å². The number of hydrogen-bond donors (Lipinski definition) is 1. The van der Waals surface area contributed by atoms with E-state index in [0.717, 1.165) is 51.9 Å². The molecule has 0 spiro atoms. The molecule has 5 heteroatoms. The molecule has 18 heavy (non-hydrogen) atoms. The Balaban J connectivity index is 1.82. The Kier molecular flexibility index (Phi) is 3.88. The number of amides is 1. The number of nitriles is 1. The molecule has 0 atom stereocenters. The maximum absolute atomic E-state index is 11.3. The molecule has 1 aliphatic heterocycles. The van der Waals surface area contributed by atoms with Gasteiger partial charge in [-0.2, -0.15) is 5.26 Å². The van der Waals surface area contributed by atoms with Crippen LogP contribution in [-0.4, -0.2) is 53.5 Å². The number of carbonyl (C=O) groups excluding carboxylic acids is 1. The van der Waals surface area contributed by atoms with Gasteiger partial charge in [0.25, 0.3) is 0 Å². The summed E-state index contributed by atoms with van der Waals surface area (Å²) in [4.78, 5) is 15.6. The molecule has 1 aliphatic carbocycles. The molecule has 2 fully saturated rings. The first-order valence-electron chi connectivity index (χ1n) is 6.74. The number of hydrogen-bond acceptors (Lipinski definition) is 4. The standard InChI is InChI=1S/C13H22N4O/c1-11(18)16-6-8-17(9-7-16)12-2-4-13(15,10-14)5-3-12/h12H,2-9,15H2,1H3. The highest BCUT2D eigenvalue weighted by Gasteiger charge is 2.34. The van der Waals surface area contributed by atoms with Crippen LogP contribution in [0.2, 0.25) is 0 Å². The van der Waals surface area contributed by atoms with E-state index in [-0.39, 0.29) is 5.91 Å². The summed E-state index contributed by atoms with van der Waals surface area (Å²) >= 11 is 0. The molecule has 0 radical (unpaired) electrons. The van der Waals surface area contributed by atoms with Crippen molar-refractivity contribution in [1.29, 1.82) is 5.26 Å². The van der Waals surface area contributed by atoms with Crippen molar-refractivity contribution >= 4 is 5.91 Å². The molecule has 0 unspecified atom stereocenters. The average Bonchev–Trinajstić information content (AvgIpc) is 2.40. The molecule has 1 amide bonds. The minimum Gasteiger partial charge on any atom is -0.340 e. The number of piperazine rings is 1. The van der Waals surface area contributed by atoms with Crippen molar-refractivity contribution in [3.63, 3.8) is 0 Å². The van der Waals surface area contributed by atoms with Crippen molar-refractivity contribution in [1.82, 2.24) is 9.80 Å². The first kappa shape index (κ1) is 13.3. The fourth-order valence-electron chi connectivity index (χ4n) is 3.00. The lowest BCUT2D eigenvalue weighted by Crippen LogP contribution is -2.54. The summed E-state index contributed by atoms with van der Waals surface area (Å²) in [6, 6.07) is 2.78. The van der Waals surface area contributed by atoms with Crippen molar-refractivity contribution in [2.75, 3.05) is 26.2 Å². The second-order valence-electron chi connectivity index (χ2n) is 5.54. The van der Waals surface area contributed by atoms with E-state index in [1.54, 1.807) is 6.92 Å². The number of carbonyl (C=O) groups is 1. The Morgan fingerprint density at radius 3 is 2.28 bits per heavy atom. The fraction of sp³-hybridized carbons (Fsp3) is 0.846. The van der Waals surface area contributed by atoms with E-state index in [0.29, 0.717) is 6.04 Å². The van der Waals surface area contributed by atoms with E-state index in [1.165, 1.54) is 0 Å². The highest BCUT2D eigenvalue weighted by Crippen LogP contribution is 2.29. The van der Waals surface area contributed by atoms with E-state index in [9.17, 15) is 4.79 Å². The second kappa shape index (κ2) is 5.25. The molecule has 0 aromatic heterocycles. The fourth-order valence-corrected chi connectivity index (χ4v) is 3.00. The summed E-state index contributed by atoms with van der Waals surface area (Å²) in [5, 5.41) is 9.01. The van der Waals surface area contributed by atoms with Gasteiger partial charge in [0.2, 0.25) is 5.91 Å². The molecule has 2 N–H and O–H groups in total.